The molecule has 0 aliphatic rings. The first-order chi connectivity index (χ1) is 9.69. The van der Waals surface area contributed by atoms with Gasteiger partial charge in [0.05, 0.1) is 12.8 Å². The van der Waals surface area contributed by atoms with E-state index in [4.69, 9.17) is 10.5 Å². The molecule has 0 radical (unpaired) electrons. The highest BCUT2D eigenvalue weighted by molar-refractivity contribution is 9.10. The maximum absolute atomic E-state index is 5.95. The number of halogens is 1. The second-order valence-electron chi connectivity index (χ2n) is 4.03. The lowest BCUT2D eigenvalue weighted by atomic mass is 10.2. The van der Waals surface area contributed by atoms with E-state index in [1.807, 2.05) is 42.5 Å². The molecule has 0 aliphatic carbocycles. The number of nitrogens with two attached hydrogens (primary N) is 1. The summed E-state index contributed by atoms with van der Waals surface area (Å²) < 4.78 is 6.24. The lowest BCUT2D eigenvalue weighted by Crippen LogP contribution is -2.06. The zero-order valence-electron chi connectivity index (χ0n) is 11.0. The third-order valence-electron chi connectivity index (χ3n) is 2.63. The van der Waals surface area contributed by atoms with E-state index in [9.17, 15) is 0 Å². The smallest absolute Gasteiger partial charge is 0.159 e. The fraction of sp³-hybridized carbons (Fsp3) is 0.133. The van der Waals surface area contributed by atoms with Gasteiger partial charge >= 0.3 is 0 Å². The summed E-state index contributed by atoms with van der Waals surface area (Å²) in [4.78, 5) is 4.37. The van der Waals surface area contributed by atoms with Crippen LogP contribution in [0, 0.1) is 0 Å². The molecule has 2 aromatic carbocycles. The molecule has 0 heterocycles. The third-order valence-corrected chi connectivity index (χ3v) is 4.24. The van der Waals surface area contributed by atoms with Crippen molar-refractivity contribution in [2.45, 2.75) is 5.75 Å². The number of amidine groups is 1. The first-order valence-electron chi connectivity index (χ1n) is 6.03. The number of hydrogen-bond donors (Lipinski definition) is 1. The van der Waals surface area contributed by atoms with Crippen LogP contribution in [0.5, 0.6) is 5.75 Å². The van der Waals surface area contributed by atoms with Crippen molar-refractivity contribution < 1.29 is 4.74 Å². The number of rotatable bonds is 4. The maximum atomic E-state index is 5.95. The Morgan fingerprint density at radius 2 is 2.05 bits per heavy atom. The van der Waals surface area contributed by atoms with E-state index in [2.05, 4.69) is 27.0 Å². The number of ether oxygens (including phenoxy) is 1. The number of aliphatic imine (C=N–C) groups is 1. The van der Waals surface area contributed by atoms with Crippen molar-refractivity contribution in [1.29, 1.82) is 0 Å². The minimum absolute atomic E-state index is 0.536. The second kappa shape index (κ2) is 7.36. The van der Waals surface area contributed by atoms with Gasteiger partial charge in [-0.1, -0.05) is 52.0 Å². The largest absolute Gasteiger partial charge is 0.497 e. The van der Waals surface area contributed by atoms with Gasteiger partial charge < -0.3 is 10.5 Å². The van der Waals surface area contributed by atoms with Gasteiger partial charge in [0.2, 0.25) is 0 Å². The van der Waals surface area contributed by atoms with Crippen LogP contribution in [0.1, 0.15) is 5.56 Å². The molecular formula is C15H15BrN2OS. The Kier molecular flexibility index (Phi) is 5.49. The highest BCUT2D eigenvalue weighted by Crippen LogP contribution is 2.24. The van der Waals surface area contributed by atoms with Crippen LogP contribution in [0.4, 0.5) is 5.69 Å². The summed E-state index contributed by atoms with van der Waals surface area (Å²) in [6, 6.07) is 15.6. The zero-order chi connectivity index (χ0) is 14.4. The third kappa shape index (κ3) is 4.28. The van der Waals surface area contributed by atoms with Crippen molar-refractivity contribution in [2.75, 3.05) is 7.11 Å². The lowest BCUT2D eigenvalue weighted by molar-refractivity contribution is 0.415. The van der Waals surface area contributed by atoms with Crippen LogP contribution in [0.15, 0.2) is 58.0 Å². The molecule has 2 rings (SSSR count). The number of thioether (sulfide) groups is 1. The minimum Gasteiger partial charge on any atom is -0.497 e. The molecule has 0 saturated carbocycles. The first kappa shape index (κ1) is 14.9. The fourth-order valence-electron chi connectivity index (χ4n) is 1.61. The Bertz CT molecular complexity index is 616. The Labute approximate surface area is 131 Å². The van der Waals surface area contributed by atoms with Crippen LogP contribution in [-0.4, -0.2) is 12.3 Å². The van der Waals surface area contributed by atoms with Gasteiger partial charge in [-0.3, -0.25) is 0 Å². The molecule has 2 N–H and O–H groups in total. The molecule has 3 nitrogen and oxygen atoms in total. The van der Waals surface area contributed by atoms with E-state index >= 15 is 0 Å². The second-order valence-corrected chi connectivity index (χ2v) is 5.88. The van der Waals surface area contributed by atoms with Crippen molar-refractivity contribution >= 4 is 38.5 Å². The molecule has 0 unspecified atom stereocenters. The van der Waals surface area contributed by atoms with Gasteiger partial charge in [-0.2, -0.15) is 0 Å². The summed E-state index contributed by atoms with van der Waals surface area (Å²) in [5.74, 6) is 1.55. The lowest BCUT2D eigenvalue weighted by Gasteiger charge is -2.04. The van der Waals surface area contributed by atoms with E-state index in [1.165, 1.54) is 17.3 Å². The van der Waals surface area contributed by atoms with E-state index < -0.39 is 0 Å². The van der Waals surface area contributed by atoms with Crippen LogP contribution in [0.2, 0.25) is 0 Å². The number of benzene rings is 2. The first-order valence-corrected chi connectivity index (χ1v) is 7.81. The van der Waals surface area contributed by atoms with E-state index in [0.29, 0.717) is 5.17 Å². The van der Waals surface area contributed by atoms with Crippen molar-refractivity contribution in [1.82, 2.24) is 0 Å². The SMILES string of the molecule is COc1cccc(N=C(N)SCc2ccccc2Br)c1. The summed E-state index contributed by atoms with van der Waals surface area (Å²) in [5, 5.41) is 0.536. The molecule has 0 saturated heterocycles. The monoisotopic (exact) mass is 350 g/mol. The standard InChI is InChI=1S/C15H15BrN2OS/c1-19-13-7-4-6-12(9-13)18-15(17)20-10-11-5-2-3-8-14(11)16/h2-9H,10H2,1H3,(H2,17,18). The summed E-state index contributed by atoms with van der Waals surface area (Å²) in [7, 11) is 1.63. The Morgan fingerprint density at radius 3 is 2.80 bits per heavy atom. The molecule has 0 atom stereocenters. The van der Waals surface area contributed by atoms with Crippen LogP contribution in [0.25, 0.3) is 0 Å². The highest BCUT2D eigenvalue weighted by atomic mass is 79.9. The number of methoxy groups -OCH3 is 1. The number of hydrogen-bond acceptors (Lipinski definition) is 3. The van der Waals surface area contributed by atoms with Gasteiger partial charge in [0.15, 0.2) is 5.17 Å². The highest BCUT2D eigenvalue weighted by Gasteiger charge is 2.01. The average Bonchev–Trinajstić information content (AvgIpc) is 2.46. The van der Waals surface area contributed by atoms with Gasteiger partial charge in [0.1, 0.15) is 5.75 Å². The maximum Gasteiger partial charge on any atom is 0.159 e. The van der Waals surface area contributed by atoms with Crippen LogP contribution >= 0.6 is 27.7 Å². The summed E-state index contributed by atoms with van der Waals surface area (Å²) in [5.41, 5.74) is 7.94. The van der Waals surface area contributed by atoms with Gasteiger partial charge in [0, 0.05) is 16.3 Å². The van der Waals surface area contributed by atoms with Crippen molar-refractivity contribution in [3.05, 3.63) is 58.6 Å². The van der Waals surface area contributed by atoms with Crippen molar-refractivity contribution in [3.8, 4) is 5.75 Å². The van der Waals surface area contributed by atoms with Crippen LogP contribution in [-0.2, 0) is 5.75 Å². The van der Waals surface area contributed by atoms with Crippen LogP contribution < -0.4 is 10.5 Å². The van der Waals surface area contributed by atoms with Crippen molar-refractivity contribution in [3.63, 3.8) is 0 Å². The molecule has 0 amide bonds. The molecule has 0 spiro atoms. The zero-order valence-corrected chi connectivity index (χ0v) is 13.4. The Morgan fingerprint density at radius 1 is 1.25 bits per heavy atom. The van der Waals surface area contributed by atoms with Gasteiger partial charge in [0.25, 0.3) is 0 Å². The quantitative estimate of drug-likeness (QED) is 0.659. The van der Waals surface area contributed by atoms with E-state index in [1.54, 1.807) is 7.11 Å². The molecule has 0 aliphatic heterocycles. The normalized spacial score (nSPS) is 11.4. The minimum atomic E-state index is 0.536. The molecule has 104 valence electrons. The Hall–Kier alpha value is -1.46. The average molecular weight is 351 g/mol. The summed E-state index contributed by atoms with van der Waals surface area (Å²) >= 11 is 5.03. The Balaban J connectivity index is 2.02. The fourth-order valence-corrected chi connectivity index (χ4v) is 2.94. The van der Waals surface area contributed by atoms with E-state index in [-0.39, 0.29) is 0 Å². The predicted octanol–water partition coefficient (Wildman–Crippen LogP) is 4.34. The molecule has 0 fully saturated rings. The molecule has 2 aromatic rings. The molecule has 20 heavy (non-hydrogen) atoms. The van der Waals surface area contributed by atoms with Crippen LogP contribution in [0.3, 0.4) is 0 Å². The van der Waals surface area contributed by atoms with Gasteiger partial charge in [-0.25, -0.2) is 4.99 Å². The van der Waals surface area contributed by atoms with Gasteiger partial charge in [-0.05, 0) is 23.8 Å². The molecule has 0 bridgehead atoms. The summed E-state index contributed by atoms with van der Waals surface area (Å²) in [6.07, 6.45) is 0. The van der Waals surface area contributed by atoms with Crippen molar-refractivity contribution in [2.24, 2.45) is 10.7 Å². The summed E-state index contributed by atoms with van der Waals surface area (Å²) in [6.45, 7) is 0. The molecule has 0 aromatic heterocycles. The molecular weight excluding hydrogens is 336 g/mol. The van der Waals surface area contributed by atoms with E-state index in [0.717, 1.165) is 21.7 Å². The molecule has 5 heteroatoms. The van der Waals surface area contributed by atoms with Gasteiger partial charge in [-0.15, -0.1) is 0 Å². The predicted molar refractivity (Wildman–Crippen MR) is 89.7 cm³/mol. The topological polar surface area (TPSA) is 47.6 Å². The number of nitrogens with zero attached hydrogens (tertiary/aromatic N) is 1.